The van der Waals surface area contributed by atoms with Crippen molar-refractivity contribution in [3.8, 4) is 12.3 Å². The van der Waals surface area contributed by atoms with Crippen molar-refractivity contribution in [2.45, 2.75) is 16.6 Å². The van der Waals surface area contributed by atoms with E-state index in [1.54, 1.807) is 12.1 Å². The minimum Gasteiger partial charge on any atom is -0.341 e. The summed E-state index contributed by atoms with van der Waals surface area (Å²) in [6, 6.07) is 7.17. The second-order valence-corrected chi connectivity index (χ2v) is 8.10. The van der Waals surface area contributed by atoms with E-state index in [0.29, 0.717) is 12.0 Å². The third-order valence-electron chi connectivity index (χ3n) is 2.97. The molecule has 0 saturated carbocycles. The Bertz CT molecular complexity index is 647. The molecule has 1 aromatic carbocycles. The summed E-state index contributed by atoms with van der Waals surface area (Å²) >= 11 is 1.45. The number of hydrogen-bond donors (Lipinski definition) is 1. The van der Waals surface area contributed by atoms with E-state index in [9.17, 15) is 13.2 Å². The summed E-state index contributed by atoms with van der Waals surface area (Å²) in [5, 5.41) is 2.64. The standard InChI is InChI=1S/C14H15NO3S2/c1-2-8-15-14(16)12-5-3-4-6-13(12)19-11-7-9-20(17,18)10-11/h1,3-6,11H,7-10H2,(H,15,16)/t11-/m0/s1. The van der Waals surface area contributed by atoms with Gasteiger partial charge in [0.05, 0.1) is 23.6 Å². The highest BCUT2D eigenvalue weighted by molar-refractivity contribution is 8.02. The monoisotopic (exact) mass is 309 g/mol. The first kappa shape index (κ1) is 14.9. The summed E-state index contributed by atoms with van der Waals surface area (Å²) in [5.41, 5.74) is 0.539. The normalized spacial score (nSPS) is 20.2. The first-order valence-electron chi connectivity index (χ1n) is 6.19. The van der Waals surface area contributed by atoms with E-state index in [4.69, 9.17) is 6.42 Å². The Morgan fingerprint density at radius 2 is 2.20 bits per heavy atom. The van der Waals surface area contributed by atoms with Crippen LogP contribution < -0.4 is 5.32 Å². The number of benzene rings is 1. The van der Waals surface area contributed by atoms with Crippen molar-refractivity contribution in [3.63, 3.8) is 0 Å². The van der Waals surface area contributed by atoms with Crippen molar-refractivity contribution in [3.05, 3.63) is 29.8 Å². The fourth-order valence-corrected chi connectivity index (χ4v) is 5.64. The highest BCUT2D eigenvalue weighted by atomic mass is 32.2. The molecule has 2 rings (SSSR count). The van der Waals surface area contributed by atoms with E-state index >= 15 is 0 Å². The highest BCUT2D eigenvalue weighted by Gasteiger charge is 2.29. The lowest BCUT2D eigenvalue weighted by Gasteiger charge is -2.11. The van der Waals surface area contributed by atoms with E-state index < -0.39 is 9.84 Å². The molecule has 0 aliphatic carbocycles. The van der Waals surface area contributed by atoms with Crippen molar-refractivity contribution in [1.29, 1.82) is 0 Å². The molecule has 1 saturated heterocycles. The first-order valence-corrected chi connectivity index (χ1v) is 8.90. The van der Waals surface area contributed by atoms with Crippen LogP contribution in [0.3, 0.4) is 0 Å². The molecule has 1 heterocycles. The second kappa shape index (κ2) is 6.33. The van der Waals surface area contributed by atoms with E-state index in [2.05, 4.69) is 11.2 Å². The van der Waals surface area contributed by atoms with Crippen LogP contribution in [0.2, 0.25) is 0 Å². The maximum atomic E-state index is 12.0. The summed E-state index contributed by atoms with van der Waals surface area (Å²) < 4.78 is 23.0. The Balaban J connectivity index is 2.12. The molecule has 1 amide bonds. The van der Waals surface area contributed by atoms with Crippen LogP contribution in [0.1, 0.15) is 16.8 Å². The van der Waals surface area contributed by atoms with Crippen LogP contribution in [0, 0.1) is 12.3 Å². The van der Waals surface area contributed by atoms with Gasteiger partial charge in [-0.3, -0.25) is 4.79 Å². The molecular weight excluding hydrogens is 294 g/mol. The summed E-state index contributed by atoms with van der Waals surface area (Å²) in [6.45, 7) is 0.176. The zero-order valence-electron chi connectivity index (χ0n) is 10.8. The molecule has 0 radical (unpaired) electrons. The van der Waals surface area contributed by atoms with Crippen molar-refractivity contribution in [2.75, 3.05) is 18.1 Å². The fraction of sp³-hybridized carbons (Fsp3) is 0.357. The molecule has 1 atom stereocenters. The lowest BCUT2D eigenvalue weighted by atomic mass is 10.2. The zero-order valence-corrected chi connectivity index (χ0v) is 12.5. The minimum absolute atomic E-state index is 0.0154. The van der Waals surface area contributed by atoms with Gasteiger partial charge in [-0.15, -0.1) is 18.2 Å². The molecule has 0 spiro atoms. The Labute approximate surface area is 123 Å². The number of terminal acetylenes is 1. The first-order chi connectivity index (χ1) is 9.52. The predicted octanol–water partition coefficient (Wildman–Crippen LogP) is 1.33. The van der Waals surface area contributed by atoms with Gasteiger partial charge in [-0.2, -0.15) is 0 Å². The SMILES string of the molecule is C#CCNC(=O)c1ccccc1S[C@H]1CCS(=O)(=O)C1. The summed E-state index contributed by atoms with van der Waals surface area (Å²) in [6.07, 6.45) is 5.75. The van der Waals surface area contributed by atoms with Crippen LogP contribution in [0.5, 0.6) is 0 Å². The van der Waals surface area contributed by atoms with Gasteiger partial charge in [0.2, 0.25) is 0 Å². The topological polar surface area (TPSA) is 63.2 Å². The Kier molecular flexibility index (Phi) is 4.73. The quantitative estimate of drug-likeness (QED) is 0.852. The van der Waals surface area contributed by atoms with Crippen LogP contribution >= 0.6 is 11.8 Å². The largest absolute Gasteiger partial charge is 0.341 e. The average molecular weight is 309 g/mol. The van der Waals surface area contributed by atoms with Gasteiger partial charge >= 0.3 is 0 Å². The maximum Gasteiger partial charge on any atom is 0.253 e. The number of sulfone groups is 1. The molecule has 6 heteroatoms. The molecule has 0 bridgehead atoms. The van der Waals surface area contributed by atoms with E-state index in [-0.39, 0.29) is 29.2 Å². The molecule has 1 aromatic rings. The van der Waals surface area contributed by atoms with Crippen molar-refractivity contribution in [2.24, 2.45) is 0 Å². The van der Waals surface area contributed by atoms with Crippen molar-refractivity contribution < 1.29 is 13.2 Å². The third-order valence-corrected chi connectivity index (χ3v) is 6.29. The zero-order chi connectivity index (χ0) is 14.6. The van der Waals surface area contributed by atoms with Gasteiger partial charge < -0.3 is 5.32 Å². The van der Waals surface area contributed by atoms with Gasteiger partial charge in [-0.1, -0.05) is 18.1 Å². The number of thioether (sulfide) groups is 1. The number of hydrogen-bond acceptors (Lipinski definition) is 4. The molecule has 20 heavy (non-hydrogen) atoms. The van der Waals surface area contributed by atoms with Gasteiger partial charge in [-0.25, -0.2) is 8.42 Å². The number of carbonyl (C=O) groups is 1. The van der Waals surface area contributed by atoms with Gasteiger partial charge in [-0.05, 0) is 18.6 Å². The molecular formula is C14H15NO3S2. The van der Waals surface area contributed by atoms with Gasteiger partial charge in [0.1, 0.15) is 0 Å². The maximum absolute atomic E-state index is 12.0. The second-order valence-electron chi connectivity index (χ2n) is 4.53. The average Bonchev–Trinajstić information content (AvgIpc) is 2.76. The number of carbonyl (C=O) groups excluding carboxylic acids is 1. The van der Waals surface area contributed by atoms with E-state index in [1.807, 2.05) is 12.1 Å². The molecule has 0 aromatic heterocycles. The molecule has 1 N–H and O–H groups in total. The number of nitrogens with one attached hydrogen (secondary N) is 1. The van der Waals surface area contributed by atoms with E-state index in [1.165, 1.54) is 11.8 Å². The van der Waals surface area contributed by atoms with Crippen LogP contribution in [-0.2, 0) is 9.84 Å². The van der Waals surface area contributed by atoms with Crippen LogP contribution in [0.4, 0.5) is 0 Å². The molecule has 4 nitrogen and oxygen atoms in total. The Morgan fingerprint density at radius 1 is 1.45 bits per heavy atom. The van der Waals surface area contributed by atoms with Crippen LogP contribution in [0.15, 0.2) is 29.2 Å². The Morgan fingerprint density at radius 3 is 2.85 bits per heavy atom. The molecule has 1 aliphatic rings. The molecule has 1 fully saturated rings. The molecule has 1 aliphatic heterocycles. The van der Waals surface area contributed by atoms with Gasteiger partial charge in [0.15, 0.2) is 9.84 Å². The molecule has 0 unspecified atom stereocenters. The molecule has 106 valence electrons. The summed E-state index contributed by atoms with van der Waals surface area (Å²) in [4.78, 5) is 12.8. The van der Waals surface area contributed by atoms with E-state index in [0.717, 1.165) is 4.90 Å². The van der Waals surface area contributed by atoms with Crippen molar-refractivity contribution in [1.82, 2.24) is 5.32 Å². The predicted molar refractivity (Wildman–Crippen MR) is 80.5 cm³/mol. The summed E-state index contributed by atoms with van der Waals surface area (Å²) in [7, 11) is -2.91. The summed E-state index contributed by atoms with van der Waals surface area (Å²) in [5.74, 6) is 2.53. The fourth-order valence-electron chi connectivity index (χ4n) is 2.02. The third kappa shape index (κ3) is 3.78. The smallest absolute Gasteiger partial charge is 0.253 e. The minimum atomic E-state index is -2.91. The lowest BCUT2D eigenvalue weighted by molar-refractivity contribution is 0.0956. The number of amides is 1. The van der Waals surface area contributed by atoms with Crippen LogP contribution in [0.25, 0.3) is 0 Å². The number of rotatable bonds is 4. The lowest BCUT2D eigenvalue weighted by Crippen LogP contribution is -2.24. The van der Waals surface area contributed by atoms with Gasteiger partial charge in [0.25, 0.3) is 5.91 Å². The van der Waals surface area contributed by atoms with Gasteiger partial charge in [0, 0.05) is 10.1 Å². The Hall–Kier alpha value is -1.45. The van der Waals surface area contributed by atoms with Crippen LogP contribution in [-0.4, -0.2) is 37.6 Å². The highest BCUT2D eigenvalue weighted by Crippen LogP contribution is 2.32. The van der Waals surface area contributed by atoms with Crippen molar-refractivity contribution >= 4 is 27.5 Å².